The number of allylic oxidation sites excluding steroid dienone is 2. The van der Waals surface area contributed by atoms with Crippen LogP contribution in [0.1, 0.15) is 20.3 Å². The standard InChI is InChI=1S/C13H21N5/c1-9-6-5-7-11(9)8-14-12-15-10(2)16-13(17-12)18(3)4/h5,7,10H,6,8H2,1-4H3,(H2,14,15,16,17). The van der Waals surface area contributed by atoms with E-state index in [9.17, 15) is 0 Å². The molecule has 0 saturated heterocycles. The van der Waals surface area contributed by atoms with Gasteiger partial charge in [0.1, 0.15) is 6.17 Å². The van der Waals surface area contributed by atoms with Crippen molar-refractivity contribution < 1.29 is 0 Å². The molecule has 0 saturated carbocycles. The Bertz CT molecular complexity index is 442. The van der Waals surface area contributed by atoms with Crippen LogP contribution < -0.4 is 10.6 Å². The largest absolute Gasteiger partial charge is 0.349 e. The van der Waals surface area contributed by atoms with E-state index >= 15 is 0 Å². The summed E-state index contributed by atoms with van der Waals surface area (Å²) in [5, 5.41) is 6.41. The third-order valence-corrected chi connectivity index (χ3v) is 3.01. The smallest absolute Gasteiger partial charge is 0.202 e. The van der Waals surface area contributed by atoms with Crippen LogP contribution >= 0.6 is 0 Å². The average Bonchev–Trinajstić information content (AvgIpc) is 2.71. The topological polar surface area (TPSA) is 52.0 Å². The highest BCUT2D eigenvalue weighted by Gasteiger charge is 2.16. The monoisotopic (exact) mass is 247 g/mol. The first-order valence-corrected chi connectivity index (χ1v) is 6.24. The Labute approximate surface area is 108 Å². The molecule has 5 heteroatoms. The number of hydrogen-bond acceptors (Lipinski definition) is 3. The van der Waals surface area contributed by atoms with Crippen LogP contribution in [-0.2, 0) is 0 Å². The summed E-state index contributed by atoms with van der Waals surface area (Å²) in [5.74, 6) is 1.63. The SMILES string of the molecule is CC1=C(CN=C2NC(N(C)C)=NC(C)N2)C=CC1. The first-order chi connectivity index (χ1) is 8.56. The molecular formula is C13H21N5. The lowest BCUT2D eigenvalue weighted by Crippen LogP contribution is -2.53. The maximum absolute atomic E-state index is 4.58. The molecule has 2 rings (SSSR count). The predicted octanol–water partition coefficient (Wildman–Crippen LogP) is 1.08. The third-order valence-electron chi connectivity index (χ3n) is 3.01. The highest BCUT2D eigenvalue weighted by atomic mass is 15.4. The third kappa shape index (κ3) is 2.91. The van der Waals surface area contributed by atoms with Gasteiger partial charge in [-0.2, -0.15) is 0 Å². The molecule has 2 N–H and O–H groups in total. The van der Waals surface area contributed by atoms with E-state index in [4.69, 9.17) is 0 Å². The van der Waals surface area contributed by atoms with Gasteiger partial charge in [-0.05, 0) is 25.8 Å². The van der Waals surface area contributed by atoms with Crippen molar-refractivity contribution in [3.63, 3.8) is 0 Å². The summed E-state index contributed by atoms with van der Waals surface area (Å²) in [5.41, 5.74) is 2.72. The molecule has 0 amide bonds. The second-order valence-corrected chi connectivity index (χ2v) is 4.87. The quantitative estimate of drug-likeness (QED) is 0.767. The minimum Gasteiger partial charge on any atom is -0.349 e. The lowest BCUT2D eigenvalue weighted by Gasteiger charge is -2.26. The van der Waals surface area contributed by atoms with E-state index < -0.39 is 0 Å². The van der Waals surface area contributed by atoms with Crippen molar-refractivity contribution in [3.8, 4) is 0 Å². The summed E-state index contributed by atoms with van der Waals surface area (Å²) in [7, 11) is 3.93. The fourth-order valence-electron chi connectivity index (χ4n) is 1.90. The number of aliphatic imine (C=N–C) groups is 2. The van der Waals surface area contributed by atoms with Crippen molar-refractivity contribution in [2.75, 3.05) is 20.6 Å². The van der Waals surface area contributed by atoms with Crippen LogP contribution in [-0.4, -0.2) is 43.6 Å². The first-order valence-electron chi connectivity index (χ1n) is 6.24. The van der Waals surface area contributed by atoms with E-state index in [2.05, 4.69) is 39.7 Å². The maximum Gasteiger partial charge on any atom is 0.202 e. The molecule has 1 unspecified atom stereocenters. The van der Waals surface area contributed by atoms with Crippen molar-refractivity contribution in [2.45, 2.75) is 26.4 Å². The molecule has 2 aliphatic rings. The van der Waals surface area contributed by atoms with Gasteiger partial charge in [0, 0.05) is 14.1 Å². The highest BCUT2D eigenvalue weighted by Crippen LogP contribution is 2.17. The highest BCUT2D eigenvalue weighted by molar-refractivity contribution is 6.00. The van der Waals surface area contributed by atoms with Gasteiger partial charge in [0.15, 0.2) is 5.96 Å². The van der Waals surface area contributed by atoms with Crippen LogP contribution in [0.5, 0.6) is 0 Å². The Hall–Kier alpha value is -1.78. The molecule has 18 heavy (non-hydrogen) atoms. The minimum absolute atomic E-state index is 0.0524. The van der Waals surface area contributed by atoms with Gasteiger partial charge >= 0.3 is 0 Å². The van der Waals surface area contributed by atoms with E-state index in [1.54, 1.807) is 0 Å². The number of hydrogen-bond donors (Lipinski definition) is 2. The molecule has 0 aromatic rings. The van der Waals surface area contributed by atoms with Crippen molar-refractivity contribution >= 4 is 11.9 Å². The van der Waals surface area contributed by atoms with Crippen LogP contribution in [0.3, 0.4) is 0 Å². The molecule has 5 nitrogen and oxygen atoms in total. The molecule has 1 atom stereocenters. The van der Waals surface area contributed by atoms with Crippen molar-refractivity contribution in [2.24, 2.45) is 9.98 Å². The molecule has 98 valence electrons. The van der Waals surface area contributed by atoms with Gasteiger partial charge in [0.05, 0.1) is 6.54 Å². The number of nitrogens with one attached hydrogen (secondary N) is 2. The molecule has 1 heterocycles. The zero-order valence-electron chi connectivity index (χ0n) is 11.5. The van der Waals surface area contributed by atoms with E-state index in [0.717, 1.165) is 18.3 Å². The van der Waals surface area contributed by atoms with Gasteiger partial charge in [0.2, 0.25) is 5.96 Å². The Morgan fingerprint density at radius 2 is 2.28 bits per heavy atom. The van der Waals surface area contributed by atoms with Crippen molar-refractivity contribution in [1.29, 1.82) is 0 Å². The first kappa shape index (κ1) is 12.7. The van der Waals surface area contributed by atoms with E-state index in [1.807, 2.05) is 25.9 Å². The van der Waals surface area contributed by atoms with Crippen LogP contribution in [0.15, 0.2) is 33.3 Å². The lowest BCUT2D eigenvalue weighted by atomic mass is 10.2. The average molecular weight is 247 g/mol. The van der Waals surface area contributed by atoms with Gasteiger partial charge in [-0.1, -0.05) is 17.7 Å². The van der Waals surface area contributed by atoms with Crippen molar-refractivity contribution in [3.05, 3.63) is 23.3 Å². The maximum atomic E-state index is 4.58. The van der Waals surface area contributed by atoms with Gasteiger partial charge in [-0.25, -0.2) is 9.98 Å². The van der Waals surface area contributed by atoms with E-state index in [-0.39, 0.29) is 6.17 Å². The lowest BCUT2D eigenvalue weighted by molar-refractivity contribution is 0.560. The van der Waals surface area contributed by atoms with Gasteiger partial charge in [0.25, 0.3) is 0 Å². The Kier molecular flexibility index (Phi) is 3.69. The van der Waals surface area contributed by atoms with Gasteiger partial charge < -0.3 is 10.2 Å². The second-order valence-electron chi connectivity index (χ2n) is 4.87. The summed E-state index contributed by atoms with van der Waals surface area (Å²) < 4.78 is 0. The fraction of sp³-hybridized carbons (Fsp3) is 0.538. The van der Waals surface area contributed by atoms with E-state index in [0.29, 0.717) is 6.54 Å². The molecule has 0 bridgehead atoms. The van der Waals surface area contributed by atoms with Gasteiger partial charge in [-0.3, -0.25) is 5.32 Å². The molecular weight excluding hydrogens is 226 g/mol. The molecule has 0 spiro atoms. The molecule has 0 aromatic carbocycles. The van der Waals surface area contributed by atoms with Crippen LogP contribution in [0.2, 0.25) is 0 Å². The molecule has 0 aromatic heterocycles. The summed E-state index contributed by atoms with van der Waals surface area (Å²) in [6.07, 6.45) is 5.45. The molecule has 1 aliphatic carbocycles. The van der Waals surface area contributed by atoms with Crippen LogP contribution in [0, 0.1) is 0 Å². The predicted molar refractivity (Wildman–Crippen MR) is 75.6 cm³/mol. The molecule has 0 fully saturated rings. The Morgan fingerprint density at radius 3 is 2.89 bits per heavy atom. The number of nitrogens with zero attached hydrogens (tertiary/aromatic N) is 3. The summed E-state index contributed by atoms with van der Waals surface area (Å²) in [4.78, 5) is 11.0. The Morgan fingerprint density at radius 1 is 1.50 bits per heavy atom. The number of rotatable bonds is 2. The molecule has 0 radical (unpaired) electrons. The minimum atomic E-state index is 0.0524. The summed E-state index contributed by atoms with van der Waals surface area (Å²) in [6, 6.07) is 0. The van der Waals surface area contributed by atoms with Crippen LogP contribution in [0.4, 0.5) is 0 Å². The summed E-state index contributed by atoms with van der Waals surface area (Å²) >= 11 is 0. The Balaban J connectivity index is 2.04. The fourth-order valence-corrected chi connectivity index (χ4v) is 1.90. The van der Waals surface area contributed by atoms with Crippen LogP contribution in [0.25, 0.3) is 0 Å². The second kappa shape index (κ2) is 5.25. The van der Waals surface area contributed by atoms with E-state index in [1.165, 1.54) is 11.1 Å². The normalized spacial score (nSPS) is 25.0. The number of guanidine groups is 2. The summed E-state index contributed by atoms with van der Waals surface area (Å²) in [6.45, 7) is 4.89. The van der Waals surface area contributed by atoms with Gasteiger partial charge in [-0.15, -0.1) is 0 Å². The zero-order chi connectivity index (χ0) is 13.1. The van der Waals surface area contributed by atoms with Crippen molar-refractivity contribution in [1.82, 2.24) is 15.5 Å². The molecule has 1 aliphatic heterocycles. The zero-order valence-corrected chi connectivity index (χ0v) is 11.5.